The molecule has 1 fully saturated rings. The van der Waals surface area contributed by atoms with Gasteiger partial charge < -0.3 is 10.1 Å². The summed E-state index contributed by atoms with van der Waals surface area (Å²) in [6.07, 6.45) is 4.48. The second-order valence-corrected chi connectivity index (χ2v) is 9.52. The minimum absolute atomic E-state index is 0.0513. The van der Waals surface area contributed by atoms with Crippen LogP contribution >= 0.6 is 0 Å². The van der Waals surface area contributed by atoms with Gasteiger partial charge in [-0.2, -0.15) is 0 Å². The lowest BCUT2D eigenvalue weighted by molar-refractivity contribution is -0.121. The molecule has 1 saturated carbocycles. The van der Waals surface area contributed by atoms with Crippen molar-refractivity contribution in [1.82, 2.24) is 0 Å². The maximum Gasteiger partial charge on any atom is 0.235 e. The molecule has 7 heteroatoms. The van der Waals surface area contributed by atoms with E-state index in [2.05, 4.69) is 5.32 Å². The highest BCUT2D eigenvalue weighted by Crippen LogP contribution is 2.42. The molecule has 1 aliphatic carbocycles. The molecule has 1 amide bonds. The van der Waals surface area contributed by atoms with E-state index in [4.69, 9.17) is 4.74 Å². The van der Waals surface area contributed by atoms with Gasteiger partial charge in [0.25, 0.3) is 0 Å². The maximum absolute atomic E-state index is 13.3. The lowest BCUT2D eigenvalue weighted by Gasteiger charge is -2.28. The summed E-state index contributed by atoms with van der Waals surface area (Å²) in [6, 6.07) is 13.0. The van der Waals surface area contributed by atoms with Crippen LogP contribution < -0.4 is 10.1 Å². The predicted molar refractivity (Wildman–Crippen MR) is 107 cm³/mol. The SMILES string of the molecule is CS(=O)(=O)CCOc1cccc(NC(=O)C2(c3ccc(F)cc3)CCCC2)c1. The molecule has 28 heavy (non-hydrogen) atoms. The van der Waals surface area contributed by atoms with E-state index in [9.17, 15) is 17.6 Å². The Labute approximate surface area is 164 Å². The van der Waals surface area contributed by atoms with E-state index in [1.807, 2.05) is 0 Å². The number of hydrogen-bond acceptors (Lipinski definition) is 4. The molecule has 0 bridgehead atoms. The monoisotopic (exact) mass is 405 g/mol. The predicted octanol–water partition coefficient (Wildman–Crippen LogP) is 3.70. The fourth-order valence-electron chi connectivity index (χ4n) is 3.62. The van der Waals surface area contributed by atoms with Crippen LogP contribution in [0, 0.1) is 5.82 Å². The van der Waals surface area contributed by atoms with Crippen molar-refractivity contribution in [3.8, 4) is 5.75 Å². The van der Waals surface area contributed by atoms with Crippen LogP contribution in [-0.4, -0.2) is 32.9 Å². The van der Waals surface area contributed by atoms with Crippen molar-refractivity contribution in [1.29, 1.82) is 0 Å². The smallest absolute Gasteiger partial charge is 0.235 e. The molecule has 3 rings (SSSR count). The van der Waals surface area contributed by atoms with E-state index in [0.717, 1.165) is 37.5 Å². The first-order chi connectivity index (χ1) is 13.3. The van der Waals surface area contributed by atoms with Crippen molar-refractivity contribution in [3.05, 3.63) is 59.9 Å². The molecule has 2 aromatic rings. The van der Waals surface area contributed by atoms with Gasteiger partial charge in [-0.1, -0.05) is 31.0 Å². The Morgan fingerprint density at radius 2 is 1.82 bits per heavy atom. The fourth-order valence-corrected chi connectivity index (χ4v) is 4.01. The van der Waals surface area contributed by atoms with Crippen LogP contribution in [0.3, 0.4) is 0 Å². The van der Waals surface area contributed by atoms with Crippen molar-refractivity contribution < 1.29 is 22.3 Å². The number of hydrogen-bond donors (Lipinski definition) is 1. The van der Waals surface area contributed by atoms with Gasteiger partial charge in [0.15, 0.2) is 9.84 Å². The molecule has 0 atom stereocenters. The van der Waals surface area contributed by atoms with Gasteiger partial charge in [-0.25, -0.2) is 12.8 Å². The summed E-state index contributed by atoms with van der Waals surface area (Å²) in [4.78, 5) is 13.2. The minimum Gasteiger partial charge on any atom is -0.492 e. The van der Waals surface area contributed by atoms with Crippen LogP contribution in [0.4, 0.5) is 10.1 Å². The van der Waals surface area contributed by atoms with Crippen molar-refractivity contribution in [2.45, 2.75) is 31.1 Å². The van der Waals surface area contributed by atoms with E-state index in [1.165, 1.54) is 12.1 Å². The average Bonchev–Trinajstić information content (AvgIpc) is 3.13. The van der Waals surface area contributed by atoms with Crippen LogP contribution in [-0.2, 0) is 20.0 Å². The maximum atomic E-state index is 13.3. The summed E-state index contributed by atoms with van der Waals surface area (Å²) in [5, 5.41) is 2.95. The minimum atomic E-state index is -3.10. The van der Waals surface area contributed by atoms with Crippen LogP contribution in [0.2, 0.25) is 0 Å². The molecule has 1 aliphatic rings. The fraction of sp³-hybridized carbons (Fsp3) is 0.381. The molecule has 0 saturated heterocycles. The molecule has 0 radical (unpaired) electrons. The summed E-state index contributed by atoms with van der Waals surface area (Å²) >= 11 is 0. The van der Waals surface area contributed by atoms with Crippen LogP contribution in [0.25, 0.3) is 0 Å². The van der Waals surface area contributed by atoms with Gasteiger partial charge in [0.2, 0.25) is 5.91 Å². The molecule has 0 aliphatic heterocycles. The van der Waals surface area contributed by atoms with Gasteiger partial charge in [0.1, 0.15) is 18.2 Å². The van der Waals surface area contributed by atoms with Crippen LogP contribution in [0.5, 0.6) is 5.75 Å². The number of carbonyl (C=O) groups is 1. The molecular formula is C21H24FNO4S. The van der Waals surface area contributed by atoms with E-state index in [0.29, 0.717) is 11.4 Å². The quantitative estimate of drug-likeness (QED) is 0.762. The van der Waals surface area contributed by atoms with Crippen molar-refractivity contribution in [3.63, 3.8) is 0 Å². The number of ether oxygens (including phenoxy) is 1. The largest absolute Gasteiger partial charge is 0.492 e. The molecule has 1 N–H and O–H groups in total. The third-order valence-electron chi connectivity index (χ3n) is 5.10. The van der Waals surface area contributed by atoms with Gasteiger partial charge in [0, 0.05) is 18.0 Å². The number of sulfone groups is 1. The Balaban J connectivity index is 1.74. The molecule has 2 aromatic carbocycles. The topological polar surface area (TPSA) is 72.5 Å². The highest BCUT2D eigenvalue weighted by molar-refractivity contribution is 7.90. The number of anilines is 1. The highest BCUT2D eigenvalue weighted by Gasteiger charge is 2.42. The Morgan fingerprint density at radius 1 is 1.14 bits per heavy atom. The number of rotatable bonds is 7. The summed E-state index contributed by atoms with van der Waals surface area (Å²) < 4.78 is 41.2. The molecule has 0 heterocycles. The molecule has 0 spiro atoms. The number of carbonyl (C=O) groups excluding carboxylic acids is 1. The summed E-state index contributed by atoms with van der Waals surface area (Å²) in [5.74, 6) is -0.0260. The first-order valence-electron chi connectivity index (χ1n) is 9.27. The van der Waals surface area contributed by atoms with Gasteiger partial charge in [-0.3, -0.25) is 4.79 Å². The summed E-state index contributed by atoms with van der Waals surface area (Å²) in [7, 11) is -3.10. The van der Waals surface area contributed by atoms with Gasteiger partial charge in [-0.15, -0.1) is 0 Å². The lowest BCUT2D eigenvalue weighted by Crippen LogP contribution is -2.38. The van der Waals surface area contributed by atoms with E-state index < -0.39 is 15.3 Å². The Kier molecular flexibility index (Phi) is 6.03. The average molecular weight is 405 g/mol. The van der Waals surface area contributed by atoms with Crippen molar-refractivity contribution in [2.75, 3.05) is 23.9 Å². The molecule has 0 aromatic heterocycles. The zero-order valence-corrected chi connectivity index (χ0v) is 16.6. The van der Waals surface area contributed by atoms with Crippen LogP contribution in [0.1, 0.15) is 31.2 Å². The third-order valence-corrected chi connectivity index (χ3v) is 6.01. The Bertz CT molecular complexity index is 935. The molecule has 150 valence electrons. The second-order valence-electron chi connectivity index (χ2n) is 7.26. The first kappa shape index (κ1) is 20.3. The zero-order valence-electron chi connectivity index (χ0n) is 15.8. The summed E-state index contributed by atoms with van der Waals surface area (Å²) in [5.41, 5.74) is 0.737. The Hall–Kier alpha value is -2.41. The van der Waals surface area contributed by atoms with Gasteiger partial charge in [-0.05, 0) is 42.7 Å². The number of benzene rings is 2. The molecule has 5 nitrogen and oxygen atoms in total. The van der Waals surface area contributed by atoms with Gasteiger partial charge >= 0.3 is 0 Å². The third kappa shape index (κ3) is 4.90. The molecule has 0 unspecified atom stereocenters. The highest BCUT2D eigenvalue weighted by atomic mass is 32.2. The number of amides is 1. The first-order valence-corrected chi connectivity index (χ1v) is 11.3. The van der Waals surface area contributed by atoms with Gasteiger partial charge in [0.05, 0.1) is 11.2 Å². The molecular weight excluding hydrogens is 381 g/mol. The zero-order chi connectivity index (χ0) is 20.2. The van der Waals surface area contributed by atoms with E-state index in [-0.39, 0.29) is 24.1 Å². The van der Waals surface area contributed by atoms with E-state index in [1.54, 1.807) is 36.4 Å². The normalized spacial score (nSPS) is 15.9. The van der Waals surface area contributed by atoms with Crippen LogP contribution in [0.15, 0.2) is 48.5 Å². The second kappa shape index (κ2) is 8.31. The number of nitrogens with one attached hydrogen (secondary N) is 1. The van der Waals surface area contributed by atoms with Crippen molar-refractivity contribution >= 4 is 21.4 Å². The summed E-state index contributed by atoms with van der Waals surface area (Å²) in [6.45, 7) is 0.0513. The van der Waals surface area contributed by atoms with Crippen molar-refractivity contribution in [2.24, 2.45) is 0 Å². The lowest BCUT2D eigenvalue weighted by atomic mass is 9.78. The standard InChI is InChI=1S/C21H24FNO4S/c1-28(25,26)14-13-27-19-6-4-5-18(15-19)23-20(24)21(11-2-3-12-21)16-7-9-17(22)10-8-16/h4-10,15H,2-3,11-14H2,1H3,(H,23,24). The Morgan fingerprint density at radius 3 is 2.46 bits per heavy atom. The van der Waals surface area contributed by atoms with E-state index >= 15 is 0 Å². The number of halogens is 1.